The van der Waals surface area contributed by atoms with Crippen LogP contribution in [0.3, 0.4) is 0 Å². The van der Waals surface area contributed by atoms with Gasteiger partial charge in [0.05, 0.1) is 5.56 Å². The van der Waals surface area contributed by atoms with E-state index < -0.39 is 8.32 Å². The minimum atomic E-state index is -1.65. The molecule has 0 saturated heterocycles. The van der Waals surface area contributed by atoms with Gasteiger partial charge >= 0.3 is 0 Å². The number of carbonyl (C=O) groups is 1. The maximum atomic E-state index is 10.8. The number of rotatable bonds is 3. The van der Waals surface area contributed by atoms with Crippen molar-refractivity contribution in [1.82, 2.24) is 0 Å². The highest BCUT2D eigenvalue weighted by molar-refractivity contribution is 9.10. The Morgan fingerprint density at radius 2 is 2.00 bits per heavy atom. The van der Waals surface area contributed by atoms with Gasteiger partial charge in [0, 0.05) is 4.47 Å². The molecule has 0 spiro atoms. The molecular formula is C10H13BrO2Si. The zero-order valence-corrected chi connectivity index (χ0v) is 11.1. The molecule has 0 atom stereocenters. The lowest BCUT2D eigenvalue weighted by Gasteiger charge is -2.20. The summed E-state index contributed by atoms with van der Waals surface area (Å²) in [6.45, 7) is 6.26. The zero-order valence-electron chi connectivity index (χ0n) is 8.50. The van der Waals surface area contributed by atoms with E-state index in [0.29, 0.717) is 11.3 Å². The van der Waals surface area contributed by atoms with E-state index in [0.717, 1.165) is 10.8 Å². The molecule has 0 aliphatic carbocycles. The Balaban J connectivity index is 3.08. The molecule has 1 aromatic rings. The molecule has 0 aromatic heterocycles. The fourth-order valence-corrected chi connectivity index (χ4v) is 2.33. The molecule has 4 heteroatoms. The first-order valence-corrected chi connectivity index (χ1v) is 8.57. The second-order valence-corrected chi connectivity index (χ2v) is 9.27. The second-order valence-electron chi connectivity index (χ2n) is 3.98. The van der Waals surface area contributed by atoms with Gasteiger partial charge in [0.25, 0.3) is 0 Å². The lowest BCUT2D eigenvalue weighted by Crippen LogP contribution is -2.29. The molecule has 0 radical (unpaired) electrons. The van der Waals surface area contributed by atoms with Gasteiger partial charge in [-0.3, -0.25) is 4.79 Å². The number of hydrogen-bond donors (Lipinski definition) is 0. The summed E-state index contributed by atoms with van der Waals surface area (Å²) in [5.74, 6) is 0.675. The topological polar surface area (TPSA) is 26.3 Å². The SMILES string of the molecule is C[Si](C)(C)Oc1cccc(Br)c1C=O. The van der Waals surface area contributed by atoms with Crippen molar-refractivity contribution in [3.8, 4) is 5.75 Å². The Hall–Kier alpha value is -0.613. The van der Waals surface area contributed by atoms with Crippen LogP contribution in [0.15, 0.2) is 22.7 Å². The summed E-state index contributed by atoms with van der Waals surface area (Å²) in [5.41, 5.74) is 0.593. The summed E-state index contributed by atoms with van der Waals surface area (Å²) in [6.07, 6.45) is 0.819. The predicted molar refractivity (Wildman–Crippen MR) is 63.5 cm³/mol. The van der Waals surface area contributed by atoms with Crippen molar-refractivity contribution in [3.63, 3.8) is 0 Å². The molecule has 14 heavy (non-hydrogen) atoms. The van der Waals surface area contributed by atoms with Crippen LogP contribution >= 0.6 is 15.9 Å². The van der Waals surface area contributed by atoms with Crippen LogP contribution in [0.5, 0.6) is 5.75 Å². The van der Waals surface area contributed by atoms with Gasteiger partial charge in [-0.2, -0.15) is 0 Å². The molecule has 0 unspecified atom stereocenters. The van der Waals surface area contributed by atoms with Crippen molar-refractivity contribution in [2.24, 2.45) is 0 Å². The number of carbonyl (C=O) groups excluding carboxylic acids is 1. The normalized spacial score (nSPS) is 11.1. The molecule has 0 fully saturated rings. The molecule has 2 nitrogen and oxygen atoms in total. The number of hydrogen-bond acceptors (Lipinski definition) is 2. The first-order chi connectivity index (χ1) is 6.44. The first-order valence-electron chi connectivity index (χ1n) is 4.37. The largest absolute Gasteiger partial charge is 0.544 e. The van der Waals surface area contributed by atoms with Crippen LogP contribution in [0, 0.1) is 0 Å². The molecule has 1 rings (SSSR count). The van der Waals surface area contributed by atoms with E-state index in [4.69, 9.17) is 4.43 Å². The highest BCUT2D eigenvalue weighted by Gasteiger charge is 2.18. The van der Waals surface area contributed by atoms with Gasteiger partial charge < -0.3 is 4.43 Å². The van der Waals surface area contributed by atoms with Gasteiger partial charge in [0.15, 0.2) is 6.29 Å². The third-order valence-electron chi connectivity index (χ3n) is 1.55. The van der Waals surface area contributed by atoms with Crippen molar-refractivity contribution in [1.29, 1.82) is 0 Å². The number of halogens is 1. The quantitative estimate of drug-likeness (QED) is 0.622. The summed E-state index contributed by atoms with van der Waals surface area (Å²) in [7, 11) is -1.65. The molecule has 76 valence electrons. The van der Waals surface area contributed by atoms with Gasteiger partial charge in [-0.15, -0.1) is 0 Å². The number of aldehydes is 1. The van der Waals surface area contributed by atoms with Crippen molar-refractivity contribution in [3.05, 3.63) is 28.2 Å². The molecule has 0 bridgehead atoms. The van der Waals surface area contributed by atoms with Crippen molar-refractivity contribution >= 4 is 30.5 Å². The van der Waals surface area contributed by atoms with E-state index in [1.807, 2.05) is 18.2 Å². The van der Waals surface area contributed by atoms with Crippen LogP contribution in [0.25, 0.3) is 0 Å². The zero-order chi connectivity index (χ0) is 10.8. The fraction of sp³-hybridized carbons (Fsp3) is 0.300. The Morgan fingerprint density at radius 1 is 1.36 bits per heavy atom. The summed E-state index contributed by atoms with van der Waals surface area (Å²) in [6, 6.07) is 5.53. The van der Waals surface area contributed by atoms with Gasteiger partial charge in [-0.25, -0.2) is 0 Å². The van der Waals surface area contributed by atoms with Crippen LogP contribution in [0.1, 0.15) is 10.4 Å². The van der Waals surface area contributed by atoms with Crippen LogP contribution in [0.2, 0.25) is 19.6 Å². The van der Waals surface area contributed by atoms with E-state index in [9.17, 15) is 4.79 Å². The van der Waals surface area contributed by atoms with Crippen molar-refractivity contribution < 1.29 is 9.22 Å². The summed E-state index contributed by atoms with van der Waals surface area (Å²) < 4.78 is 6.56. The Labute approximate surface area is 93.5 Å². The minimum Gasteiger partial charge on any atom is -0.544 e. The highest BCUT2D eigenvalue weighted by Crippen LogP contribution is 2.26. The average molecular weight is 273 g/mol. The lowest BCUT2D eigenvalue weighted by atomic mass is 10.2. The van der Waals surface area contributed by atoms with Gasteiger partial charge in [-0.1, -0.05) is 6.07 Å². The maximum Gasteiger partial charge on any atom is 0.242 e. The Kier molecular flexibility index (Phi) is 3.50. The summed E-state index contributed by atoms with van der Waals surface area (Å²) in [5, 5.41) is 0. The van der Waals surface area contributed by atoms with Gasteiger partial charge in [0.1, 0.15) is 5.75 Å². The smallest absolute Gasteiger partial charge is 0.242 e. The van der Waals surface area contributed by atoms with Crippen LogP contribution < -0.4 is 4.43 Å². The summed E-state index contributed by atoms with van der Waals surface area (Å²) >= 11 is 3.32. The van der Waals surface area contributed by atoms with Crippen LogP contribution in [0.4, 0.5) is 0 Å². The molecule has 0 aliphatic heterocycles. The van der Waals surface area contributed by atoms with E-state index in [-0.39, 0.29) is 0 Å². The van der Waals surface area contributed by atoms with E-state index in [2.05, 4.69) is 35.6 Å². The van der Waals surface area contributed by atoms with E-state index in [1.54, 1.807) is 0 Å². The molecular weight excluding hydrogens is 260 g/mol. The van der Waals surface area contributed by atoms with Gasteiger partial charge in [0.2, 0.25) is 8.32 Å². The minimum absolute atomic E-state index is 0.593. The fourth-order valence-electron chi connectivity index (χ4n) is 1.05. The van der Waals surface area contributed by atoms with Crippen molar-refractivity contribution in [2.75, 3.05) is 0 Å². The lowest BCUT2D eigenvalue weighted by molar-refractivity contribution is 0.112. The molecule has 0 amide bonds. The molecule has 0 aliphatic rings. The molecule has 1 aromatic carbocycles. The Bertz CT molecular complexity index is 344. The third kappa shape index (κ3) is 2.96. The first kappa shape index (κ1) is 11.5. The molecule has 0 saturated carbocycles. The Morgan fingerprint density at radius 3 is 2.50 bits per heavy atom. The third-order valence-corrected chi connectivity index (χ3v) is 3.07. The van der Waals surface area contributed by atoms with E-state index >= 15 is 0 Å². The monoisotopic (exact) mass is 272 g/mol. The van der Waals surface area contributed by atoms with Crippen molar-refractivity contribution in [2.45, 2.75) is 19.6 Å². The molecule has 0 heterocycles. The number of benzene rings is 1. The maximum absolute atomic E-state index is 10.8. The van der Waals surface area contributed by atoms with Gasteiger partial charge in [-0.05, 0) is 47.7 Å². The molecule has 0 N–H and O–H groups in total. The van der Waals surface area contributed by atoms with E-state index in [1.165, 1.54) is 0 Å². The highest BCUT2D eigenvalue weighted by atomic mass is 79.9. The van der Waals surface area contributed by atoms with Crippen LogP contribution in [-0.4, -0.2) is 14.6 Å². The standard InChI is InChI=1S/C10H13BrO2Si/c1-14(2,3)13-10-6-4-5-9(11)8(10)7-12/h4-7H,1-3H3. The summed E-state index contributed by atoms with van der Waals surface area (Å²) in [4.78, 5) is 10.8. The van der Waals surface area contributed by atoms with Crippen LogP contribution in [-0.2, 0) is 0 Å². The second kappa shape index (κ2) is 4.27. The predicted octanol–water partition coefficient (Wildman–Crippen LogP) is 3.48. The average Bonchev–Trinajstić information content (AvgIpc) is 2.01.